The lowest BCUT2D eigenvalue weighted by Gasteiger charge is -2.32. The lowest BCUT2D eigenvalue weighted by Crippen LogP contribution is -2.41. The Labute approximate surface area is 156 Å². The van der Waals surface area contributed by atoms with E-state index in [0.29, 0.717) is 18.3 Å². The highest BCUT2D eigenvalue weighted by molar-refractivity contribution is 5.89. The molecular formula is C21H31N3O2. The summed E-state index contributed by atoms with van der Waals surface area (Å²) in [7, 11) is 0. The Hall–Kier alpha value is -2.04. The summed E-state index contributed by atoms with van der Waals surface area (Å²) in [4.78, 5) is 26.2. The molecule has 0 aromatic heterocycles. The minimum absolute atomic E-state index is 0.0143. The first-order chi connectivity index (χ1) is 12.7. The number of carbonyl (C=O) groups excluding carboxylic acids is 2. The number of carbonyl (C=O) groups is 2. The summed E-state index contributed by atoms with van der Waals surface area (Å²) in [5.74, 6) is 1.43. The lowest BCUT2D eigenvalue weighted by atomic mass is 9.93. The number of amides is 3. The molecule has 1 aliphatic heterocycles. The Kier molecular flexibility index (Phi) is 6.92. The molecule has 0 unspecified atom stereocenters. The molecule has 0 bridgehead atoms. The van der Waals surface area contributed by atoms with E-state index in [9.17, 15) is 9.59 Å². The molecule has 3 rings (SSSR count). The van der Waals surface area contributed by atoms with Crippen molar-refractivity contribution in [2.24, 2.45) is 11.8 Å². The van der Waals surface area contributed by atoms with Crippen LogP contribution in [-0.2, 0) is 4.79 Å². The molecule has 2 aliphatic rings. The number of urea groups is 1. The number of piperidine rings is 1. The number of likely N-dealkylation sites (tertiary alicyclic amines) is 1. The SMILES string of the molecule is O=C(CC1CCCC1)NCCC1CCN(C(=O)Nc2ccccc2)CC1. The van der Waals surface area contributed by atoms with Crippen molar-refractivity contribution in [2.45, 2.75) is 51.4 Å². The second-order valence-corrected chi connectivity index (χ2v) is 7.72. The molecule has 142 valence electrons. The van der Waals surface area contributed by atoms with Crippen molar-refractivity contribution in [3.8, 4) is 0 Å². The quantitative estimate of drug-likeness (QED) is 0.808. The van der Waals surface area contributed by atoms with Gasteiger partial charge in [0.05, 0.1) is 0 Å². The first kappa shape index (κ1) is 18.7. The minimum atomic E-state index is -0.0143. The van der Waals surface area contributed by atoms with Gasteiger partial charge in [0.2, 0.25) is 5.91 Å². The van der Waals surface area contributed by atoms with E-state index >= 15 is 0 Å². The van der Waals surface area contributed by atoms with Gasteiger partial charge in [-0.3, -0.25) is 4.79 Å². The van der Waals surface area contributed by atoms with Crippen molar-refractivity contribution >= 4 is 17.6 Å². The molecule has 0 radical (unpaired) electrons. The molecule has 1 aromatic rings. The average Bonchev–Trinajstić information content (AvgIpc) is 3.16. The summed E-state index contributed by atoms with van der Waals surface area (Å²) < 4.78 is 0. The highest BCUT2D eigenvalue weighted by Crippen LogP contribution is 2.27. The van der Waals surface area contributed by atoms with E-state index in [4.69, 9.17) is 0 Å². The van der Waals surface area contributed by atoms with Crippen molar-refractivity contribution in [3.05, 3.63) is 30.3 Å². The van der Waals surface area contributed by atoms with Gasteiger partial charge in [-0.05, 0) is 56.1 Å². The monoisotopic (exact) mass is 357 g/mol. The van der Waals surface area contributed by atoms with Crippen LogP contribution in [0.25, 0.3) is 0 Å². The fourth-order valence-corrected chi connectivity index (χ4v) is 4.11. The summed E-state index contributed by atoms with van der Waals surface area (Å²) in [6.45, 7) is 2.35. The maximum absolute atomic E-state index is 12.3. The maximum atomic E-state index is 12.3. The Bertz CT molecular complexity index is 576. The predicted octanol–water partition coefficient (Wildman–Crippen LogP) is 4.02. The molecule has 26 heavy (non-hydrogen) atoms. The molecule has 5 heteroatoms. The Morgan fingerprint density at radius 1 is 0.962 bits per heavy atom. The minimum Gasteiger partial charge on any atom is -0.356 e. The standard InChI is InChI=1S/C21H31N3O2/c25-20(16-18-6-4-5-7-18)22-13-10-17-11-14-24(15-12-17)21(26)23-19-8-2-1-3-9-19/h1-3,8-9,17-18H,4-7,10-16H2,(H,22,25)(H,23,26). The van der Waals surface area contributed by atoms with Gasteiger partial charge in [-0.1, -0.05) is 31.0 Å². The third kappa shape index (κ3) is 5.75. The molecule has 3 amide bonds. The van der Waals surface area contributed by atoms with Crippen molar-refractivity contribution in [2.75, 3.05) is 25.0 Å². The summed E-state index contributed by atoms with van der Waals surface area (Å²) in [5, 5.41) is 6.04. The number of anilines is 1. The molecular weight excluding hydrogens is 326 g/mol. The van der Waals surface area contributed by atoms with Crippen molar-refractivity contribution in [1.82, 2.24) is 10.2 Å². The van der Waals surface area contributed by atoms with Crippen LogP contribution in [0, 0.1) is 11.8 Å². The second kappa shape index (κ2) is 9.60. The molecule has 0 spiro atoms. The highest BCUT2D eigenvalue weighted by atomic mass is 16.2. The van der Waals surface area contributed by atoms with E-state index in [1.165, 1.54) is 25.7 Å². The summed E-state index contributed by atoms with van der Waals surface area (Å²) in [6, 6.07) is 9.57. The fourth-order valence-electron chi connectivity index (χ4n) is 4.11. The molecule has 0 atom stereocenters. The van der Waals surface area contributed by atoms with E-state index in [0.717, 1.165) is 44.6 Å². The normalized spacial score (nSPS) is 18.7. The molecule has 1 saturated heterocycles. The van der Waals surface area contributed by atoms with Crippen LogP contribution < -0.4 is 10.6 Å². The number of nitrogens with zero attached hydrogens (tertiary/aromatic N) is 1. The van der Waals surface area contributed by atoms with Gasteiger partial charge in [0.15, 0.2) is 0 Å². The zero-order valence-corrected chi connectivity index (χ0v) is 15.6. The predicted molar refractivity (Wildman–Crippen MR) is 104 cm³/mol. The first-order valence-electron chi connectivity index (χ1n) is 10.1. The number of rotatable bonds is 6. The topological polar surface area (TPSA) is 61.4 Å². The molecule has 2 fully saturated rings. The molecule has 1 heterocycles. The average molecular weight is 357 g/mol. The number of benzene rings is 1. The van der Waals surface area contributed by atoms with Crippen LogP contribution >= 0.6 is 0 Å². The van der Waals surface area contributed by atoms with E-state index in [-0.39, 0.29) is 11.9 Å². The zero-order chi connectivity index (χ0) is 18.2. The van der Waals surface area contributed by atoms with E-state index < -0.39 is 0 Å². The summed E-state index contributed by atoms with van der Waals surface area (Å²) in [5.41, 5.74) is 0.838. The maximum Gasteiger partial charge on any atom is 0.321 e. The van der Waals surface area contributed by atoms with Crippen molar-refractivity contribution in [1.29, 1.82) is 0 Å². The summed E-state index contributed by atoms with van der Waals surface area (Å²) >= 11 is 0. The first-order valence-corrected chi connectivity index (χ1v) is 10.1. The van der Waals surface area contributed by atoms with Crippen LogP contribution in [0.15, 0.2) is 30.3 Å². The number of hydrogen-bond donors (Lipinski definition) is 2. The van der Waals surface area contributed by atoms with Crippen LogP contribution in [0.2, 0.25) is 0 Å². The molecule has 1 aliphatic carbocycles. The van der Waals surface area contributed by atoms with Crippen LogP contribution in [0.5, 0.6) is 0 Å². The van der Waals surface area contributed by atoms with E-state index in [1.54, 1.807) is 0 Å². The number of hydrogen-bond acceptors (Lipinski definition) is 2. The van der Waals surface area contributed by atoms with Gasteiger partial charge in [-0.2, -0.15) is 0 Å². The zero-order valence-electron chi connectivity index (χ0n) is 15.6. The van der Waals surface area contributed by atoms with Gasteiger partial charge in [0.1, 0.15) is 0 Å². The van der Waals surface area contributed by atoms with Gasteiger partial charge >= 0.3 is 6.03 Å². The van der Waals surface area contributed by atoms with E-state index in [1.807, 2.05) is 35.2 Å². The highest BCUT2D eigenvalue weighted by Gasteiger charge is 2.23. The van der Waals surface area contributed by atoms with Crippen LogP contribution in [0.1, 0.15) is 51.4 Å². The number of nitrogens with one attached hydrogen (secondary N) is 2. The van der Waals surface area contributed by atoms with Gasteiger partial charge in [-0.25, -0.2) is 4.79 Å². The molecule has 1 saturated carbocycles. The fraction of sp³-hybridized carbons (Fsp3) is 0.619. The van der Waals surface area contributed by atoms with Gasteiger partial charge < -0.3 is 15.5 Å². The largest absolute Gasteiger partial charge is 0.356 e. The van der Waals surface area contributed by atoms with Crippen LogP contribution in [0.3, 0.4) is 0 Å². The van der Waals surface area contributed by atoms with Crippen molar-refractivity contribution in [3.63, 3.8) is 0 Å². The third-order valence-corrected chi connectivity index (χ3v) is 5.75. The molecule has 5 nitrogen and oxygen atoms in total. The van der Waals surface area contributed by atoms with Crippen molar-refractivity contribution < 1.29 is 9.59 Å². The second-order valence-electron chi connectivity index (χ2n) is 7.72. The van der Waals surface area contributed by atoms with Gasteiger partial charge in [-0.15, -0.1) is 0 Å². The van der Waals surface area contributed by atoms with E-state index in [2.05, 4.69) is 10.6 Å². The molecule has 1 aromatic carbocycles. The van der Waals surface area contributed by atoms with Gasteiger partial charge in [0, 0.05) is 31.7 Å². The molecule has 2 N–H and O–H groups in total. The number of para-hydroxylation sites is 1. The third-order valence-electron chi connectivity index (χ3n) is 5.75. The van der Waals surface area contributed by atoms with Gasteiger partial charge in [0.25, 0.3) is 0 Å². The van der Waals surface area contributed by atoms with Crippen LogP contribution in [-0.4, -0.2) is 36.5 Å². The summed E-state index contributed by atoms with van der Waals surface area (Å²) in [6.07, 6.45) is 8.76. The Morgan fingerprint density at radius 3 is 2.35 bits per heavy atom. The van der Waals surface area contributed by atoms with Crippen LogP contribution in [0.4, 0.5) is 10.5 Å². The lowest BCUT2D eigenvalue weighted by molar-refractivity contribution is -0.122. The smallest absolute Gasteiger partial charge is 0.321 e. The Balaban J connectivity index is 1.29. The Morgan fingerprint density at radius 2 is 1.65 bits per heavy atom.